The molecule has 0 heterocycles. The predicted molar refractivity (Wildman–Crippen MR) is 92.6 cm³/mol. The number of carbonyl (C=O) groups excluding carboxylic acids is 2. The molecular formula is C18H20N2O4. The van der Waals surface area contributed by atoms with E-state index in [1.165, 1.54) is 6.92 Å². The van der Waals surface area contributed by atoms with Crippen molar-refractivity contribution in [3.63, 3.8) is 0 Å². The highest BCUT2D eigenvalue weighted by Gasteiger charge is 2.09. The third kappa shape index (κ3) is 4.74. The summed E-state index contributed by atoms with van der Waals surface area (Å²) in [4.78, 5) is 23.3. The number of ether oxygens (including phenoxy) is 2. The predicted octanol–water partition coefficient (Wildman–Crippen LogP) is 2.84. The van der Waals surface area contributed by atoms with Crippen molar-refractivity contribution in [1.29, 1.82) is 0 Å². The van der Waals surface area contributed by atoms with Gasteiger partial charge in [-0.15, -0.1) is 0 Å². The average molecular weight is 328 g/mol. The second-order valence-electron chi connectivity index (χ2n) is 5.18. The minimum atomic E-state index is -0.165. The number of hydrogen-bond donors (Lipinski definition) is 2. The fourth-order valence-electron chi connectivity index (χ4n) is 2.26. The number of amides is 2. The summed E-state index contributed by atoms with van der Waals surface area (Å²) in [7, 11) is 3.11. The molecule has 0 unspecified atom stereocenters. The van der Waals surface area contributed by atoms with Crippen LogP contribution < -0.4 is 20.1 Å². The Morgan fingerprint density at radius 3 is 2.21 bits per heavy atom. The van der Waals surface area contributed by atoms with E-state index in [0.717, 1.165) is 5.56 Å². The molecule has 2 N–H and O–H groups in total. The SMILES string of the molecule is COc1ccc(CC(=O)Nc2cccc(NC(C)=O)c2)cc1OC. The van der Waals surface area contributed by atoms with Crippen LogP contribution in [0.1, 0.15) is 12.5 Å². The first-order valence-electron chi connectivity index (χ1n) is 7.40. The smallest absolute Gasteiger partial charge is 0.228 e. The molecule has 2 amide bonds. The minimum absolute atomic E-state index is 0.163. The number of anilines is 2. The molecular weight excluding hydrogens is 308 g/mol. The van der Waals surface area contributed by atoms with E-state index in [1.807, 2.05) is 6.07 Å². The molecule has 126 valence electrons. The van der Waals surface area contributed by atoms with Crippen molar-refractivity contribution < 1.29 is 19.1 Å². The van der Waals surface area contributed by atoms with Crippen LogP contribution in [0.25, 0.3) is 0 Å². The summed E-state index contributed by atoms with van der Waals surface area (Å²) in [6, 6.07) is 12.3. The van der Waals surface area contributed by atoms with Gasteiger partial charge in [-0.1, -0.05) is 12.1 Å². The topological polar surface area (TPSA) is 76.7 Å². The van der Waals surface area contributed by atoms with Gasteiger partial charge in [-0.2, -0.15) is 0 Å². The van der Waals surface area contributed by atoms with Gasteiger partial charge in [0.05, 0.1) is 20.6 Å². The quantitative estimate of drug-likeness (QED) is 0.855. The second-order valence-corrected chi connectivity index (χ2v) is 5.18. The third-order valence-electron chi connectivity index (χ3n) is 3.28. The molecule has 0 atom stereocenters. The molecule has 24 heavy (non-hydrogen) atoms. The highest BCUT2D eigenvalue weighted by Crippen LogP contribution is 2.27. The second kappa shape index (κ2) is 8.01. The van der Waals surface area contributed by atoms with Crippen LogP contribution in [0.4, 0.5) is 11.4 Å². The van der Waals surface area contributed by atoms with Crippen molar-refractivity contribution in [2.75, 3.05) is 24.9 Å². The third-order valence-corrected chi connectivity index (χ3v) is 3.28. The molecule has 2 aromatic rings. The lowest BCUT2D eigenvalue weighted by molar-refractivity contribution is -0.115. The van der Waals surface area contributed by atoms with E-state index in [9.17, 15) is 9.59 Å². The zero-order valence-corrected chi connectivity index (χ0v) is 13.9. The summed E-state index contributed by atoms with van der Waals surface area (Å²) in [6.07, 6.45) is 0.199. The van der Waals surface area contributed by atoms with Gasteiger partial charge >= 0.3 is 0 Å². The fourth-order valence-corrected chi connectivity index (χ4v) is 2.26. The van der Waals surface area contributed by atoms with E-state index in [0.29, 0.717) is 22.9 Å². The summed E-state index contributed by atoms with van der Waals surface area (Å²) >= 11 is 0. The summed E-state index contributed by atoms with van der Waals surface area (Å²) in [5.74, 6) is 0.867. The number of carbonyl (C=O) groups is 2. The van der Waals surface area contributed by atoms with Crippen LogP contribution in [0.2, 0.25) is 0 Å². The van der Waals surface area contributed by atoms with Crippen LogP contribution in [0.5, 0.6) is 11.5 Å². The van der Waals surface area contributed by atoms with Crippen LogP contribution in [0.15, 0.2) is 42.5 Å². The Kier molecular flexibility index (Phi) is 5.78. The van der Waals surface area contributed by atoms with Crippen LogP contribution in [-0.2, 0) is 16.0 Å². The molecule has 0 fully saturated rings. The van der Waals surface area contributed by atoms with Crippen LogP contribution >= 0.6 is 0 Å². The Morgan fingerprint density at radius 2 is 1.58 bits per heavy atom. The molecule has 0 aliphatic carbocycles. The molecule has 0 aromatic heterocycles. The van der Waals surface area contributed by atoms with Gasteiger partial charge in [0.1, 0.15) is 0 Å². The van der Waals surface area contributed by atoms with Crippen molar-refractivity contribution in [3.8, 4) is 11.5 Å². The highest BCUT2D eigenvalue weighted by atomic mass is 16.5. The number of hydrogen-bond acceptors (Lipinski definition) is 4. The number of rotatable bonds is 6. The summed E-state index contributed by atoms with van der Waals surface area (Å²) < 4.78 is 10.4. The average Bonchev–Trinajstić information content (AvgIpc) is 2.54. The van der Waals surface area contributed by atoms with E-state index >= 15 is 0 Å². The normalized spacial score (nSPS) is 9.96. The minimum Gasteiger partial charge on any atom is -0.493 e. The number of benzene rings is 2. The largest absolute Gasteiger partial charge is 0.493 e. The van der Waals surface area contributed by atoms with Crippen molar-refractivity contribution in [3.05, 3.63) is 48.0 Å². The molecule has 0 saturated carbocycles. The summed E-state index contributed by atoms with van der Waals surface area (Å²) in [5, 5.41) is 5.48. The monoisotopic (exact) mass is 328 g/mol. The maximum atomic E-state index is 12.2. The van der Waals surface area contributed by atoms with Crippen molar-refractivity contribution in [2.45, 2.75) is 13.3 Å². The zero-order valence-electron chi connectivity index (χ0n) is 13.9. The van der Waals surface area contributed by atoms with Gasteiger partial charge in [-0.3, -0.25) is 9.59 Å². The lowest BCUT2D eigenvalue weighted by Gasteiger charge is -2.10. The van der Waals surface area contributed by atoms with E-state index in [-0.39, 0.29) is 18.2 Å². The Morgan fingerprint density at radius 1 is 0.917 bits per heavy atom. The maximum Gasteiger partial charge on any atom is 0.228 e. The molecule has 0 radical (unpaired) electrons. The van der Waals surface area contributed by atoms with Gasteiger partial charge in [0, 0.05) is 18.3 Å². The van der Waals surface area contributed by atoms with Crippen molar-refractivity contribution >= 4 is 23.2 Å². The molecule has 2 rings (SSSR count). The Bertz CT molecular complexity index is 744. The first kappa shape index (κ1) is 17.3. The first-order chi connectivity index (χ1) is 11.5. The van der Waals surface area contributed by atoms with Crippen molar-refractivity contribution in [1.82, 2.24) is 0 Å². The fraction of sp³-hybridized carbons (Fsp3) is 0.222. The Hall–Kier alpha value is -3.02. The Balaban J connectivity index is 2.04. The van der Waals surface area contributed by atoms with Gasteiger partial charge in [0.15, 0.2) is 11.5 Å². The molecule has 0 aliphatic rings. The zero-order chi connectivity index (χ0) is 17.5. The van der Waals surface area contributed by atoms with E-state index in [4.69, 9.17) is 9.47 Å². The molecule has 2 aromatic carbocycles. The van der Waals surface area contributed by atoms with Gasteiger partial charge in [0.2, 0.25) is 11.8 Å². The molecule has 6 nitrogen and oxygen atoms in total. The lowest BCUT2D eigenvalue weighted by Crippen LogP contribution is -2.15. The standard InChI is InChI=1S/C18H20N2O4/c1-12(21)19-14-5-4-6-15(11-14)20-18(22)10-13-7-8-16(23-2)17(9-13)24-3/h4-9,11H,10H2,1-3H3,(H,19,21)(H,20,22). The van der Waals surface area contributed by atoms with Gasteiger partial charge in [0.25, 0.3) is 0 Å². The van der Waals surface area contributed by atoms with Crippen molar-refractivity contribution in [2.24, 2.45) is 0 Å². The molecule has 0 spiro atoms. The van der Waals surface area contributed by atoms with Crippen LogP contribution in [0.3, 0.4) is 0 Å². The van der Waals surface area contributed by atoms with Gasteiger partial charge < -0.3 is 20.1 Å². The molecule has 0 bridgehead atoms. The van der Waals surface area contributed by atoms with E-state index in [2.05, 4.69) is 10.6 Å². The summed E-state index contributed by atoms with van der Waals surface area (Å²) in [5.41, 5.74) is 2.06. The number of nitrogens with one attached hydrogen (secondary N) is 2. The first-order valence-corrected chi connectivity index (χ1v) is 7.40. The van der Waals surface area contributed by atoms with E-state index < -0.39 is 0 Å². The maximum absolute atomic E-state index is 12.2. The van der Waals surface area contributed by atoms with Crippen LogP contribution in [0, 0.1) is 0 Å². The molecule has 0 aliphatic heterocycles. The summed E-state index contributed by atoms with van der Waals surface area (Å²) in [6.45, 7) is 1.43. The molecule has 6 heteroatoms. The van der Waals surface area contributed by atoms with Gasteiger partial charge in [-0.25, -0.2) is 0 Å². The van der Waals surface area contributed by atoms with Crippen LogP contribution in [-0.4, -0.2) is 26.0 Å². The number of methoxy groups -OCH3 is 2. The Labute approximate surface area is 140 Å². The van der Waals surface area contributed by atoms with Gasteiger partial charge in [-0.05, 0) is 35.9 Å². The molecule has 0 saturated heterocycles. The van der Waals surface area contributed by atoms with E-state index in [1.54, 1.807) is 50.6 Å². The lowest BCUT2D eigenvalue weighted by atomic mass is 10.1. The highest BCUT2D eigenvalue weighted by molar-refractivity contribution is 5.94.